The predicted octanol–water partition coefficient (Wildman–Crippen LogP) is 1.34. The van der Waals surface area contributed by atoms with Crippen molar-refractivity contribution >= 4 is 42.1 Å². The summed E-state index contributed by atoms with van der Waals surface area (Å²) in [5.74, 6) is -0.0412. The van der Waals surface area contributed by atoms with Crippen molar-refractivity contribution in [2.24, 2.45) is 5.92 Å². The summed E-state index contributed by atoms with van der Waals surface area (Å²) in [6.45, 7) is 0.351. The van der Waals surface area contributed by atoms with Crippen LogP contribution in [0.1, 0.15) is 30.2 Å². The first kappa shape index (κ1) is 13.3. The third kappa shape index (κ3) is 3.06. The monoisotopic (exact) mass is 321 g/mol. The van der Waals surface area contributed by atoms with E-state index in [0.717, 1.165) is 17.8 Å². The van der Waals surface area contributed by atoms with E-state index >= 15 is 0 Å². The van der Waals surface area contributed by atoms with Gasteiger partial charge >= 0.3 is 0 Å². The number of amides is 1. The maximum absolute atomic E-state index is 11.9. The molecule has 6 nitrogen and oxygen atoms in total. The second kappa shape index (κ2) is 4.68. The Balaban J connectivity index is 1.72. The Morgan fingerprint density at radius 2 is 2.11 bits per heavy atom. The van der Waals surface area contributed by atoms with Gasteiger partial charge in [0.15, 0.2) is 0 Å². The van der Waals surface area contributed by atoms with Crippen LogP contribution >= 0.6 is 22.0 Å². The fourth-order valence-electron chi connectivity index (χ4n) is 2.19. The molecular weight excluding hydrogens is 310 g/mol. The van der Waals surface area contributed by atoms with Crippen LogP contribution in [0.3, 0.4) is 0 Å². The minimum absolute atomic E-state index is 0.108. The van der Waals surface area contributed by atoms with Gasteiger partial charge in [0.2, 0.25) is 20.1 Å². The zero-order valence-corrected chi connectivity index (χ0v) is 12.3. The highest BCUT2D eigenvalue weighted by atomic mass is 35.7. The lowest BCUT2D eigenvalue weighted by Crippen LogP contribution is -2.25. The molecule has 104 valence electrons. The molecule has 2 fully saturated rings. The lowest BCUT2D eigenvalue weighted by molar-refractivity contribution is -0.117. The van der Waals surface area contributed by atoms with E-state index in [9.17, 15) is 13.2 Å². The van der Waals surface area contributed by atoms with Gasteiger partial charge in [0, 0.05) is 35.5 Å². The minimum atomic E-state index is -3.57. The Morgan fingerprint density at radius 1 is 1.37 bits per heavy atom. The highest BCUT2D eigenvalue weighted by Gasteiger charge is 2.36. The normalized spacial score (nSPS) is 24.2. The number of nitrogens with zero attached hydrogens (tertiary/aromatic N) is 3. The van der Waals surface area contributed by atoms with Crippen molar-refractivity contribution in [2.75, 3.05) is 17.2 Å². The van der Waals surface area contributed by atoms with E-state index in [4.69, 9.17) is 10.7 Å². The zero-order chi connectivity index (χ0) is 13.6. The molecule has 0 aromatic carbocycles. The van der Waals surface area contributed by atoms with E-state index in [1.54, 1.807) is 0 Å². The van der Waals surface area contributed by atoms with Crippen molar-refractivity contribution in [1.29, 1.82) is 0 Å². The molecule has 1 aliphatic heterocycles. The van der Waals surface area contributed by atoms with Gasteiger partial charge in [-0.3, -0.25) is 9.69 Å². The lowest BCUT2D eigenvalue weighted by Gasteiger charge is -2.11. The van der Waals surface area contributed by atoms with Crippen molar-refractivity contribution in [3.63, 3.8) is 0 Å². The first-order valence-electron chi connectivity index (χ1n) is 5.98. The van der Waals surface area contributed by atoms with E-state index in [1.807, 2.05) is 0 Å². The maximum Gasteiger partial charge on any atom is 0.232 e. The van der Waals surface area contributed by atoms with Gasteiger partial charge in [-0.05, 0) is 12.8 Å². The predicted molar refractivity (Wildman–Crippen MR) is 72.0 cm³/mol. The Morgan fingerprint density at radius 3 is 2.74 bits per heavy atom. The Kier molecular flexibility index (Phi) is 3.26. The van der Waals surface area contributed by atoms with Crippen molar-refractivity contribution < 1.29 is 13.2 Å². The standard InChI is InChI=1S/C10H12ClN3O3S2/c11-19(16,17)5-6-3-8(15)14(4-6)10-13-12-9(18-10)7-1-2-7/h6-7H,1-5H2. The lowest BCUT2D eigenvalue weighted by atomic mass is 10.1. The van der Waals surface area contributed by atoms with Crippen LogP contribution in [0, 0.1) is 5.92 Å². The second-order valence-corrected chi connectivity index (χ2v) is 8.79. The van der Waals surface area contributed by atoms with Gasteiger partial charge in [0.25, 0.3) is 0 Å². The highest BCUT2D eigenvalue weighted by Crippen LogP contribution is 2.43. The molecule has 9 heteroatoms. The third-order valence-corrected chi connectivity index (χ3v) is 5.58. The molecule has 1 aromatic rings. The van der Waals surface area contributed by atoms with Crippen LogP contribution in [0.15, 0.2) is 0 Å². The average Bonchev–Trinajstić information content (AvgIpc) is 2.91. The van der Waals surface area contributed by atoms with Gasteiger partial charge in [0.1, 0.15) is 5.01 Å². The number of rotatable bonds is 4. The number of carbonyl (C=O) groups is 1. The molecule has 0 spiro atoms. The molecule has 1 amide bonds. The molecular formula is C10H12ClN3O3S2. The summed E-state index contributed by atoms with van der Waals surface area (Å²) in [5, 5.41) is 9.66. The first-order valence-corrected chi connectivity index (χ1v) is 9.28. The van der Waals surface area contributed by atoms with Crippen LogP contribution in [0.2, 0.25) is 0 Å². The van der Waals surface area contributed by atoms with Crippen LogP contribution in [-0.2, 0) is 13.8 Å². The number of anilines is 1. The summed E-state index contributed by atoms with van der Waals surface area (Å²) in [6, 6.07) is 0. The Labute approximate surface area is 119 Å². The summed E-state index contributed by atoms with van der Waals surface area (Å²) >= 11 is 1.42. The molecule has 0 radical (unpaired) electrons. The van der Waals surface area contributed by atoms with Crippen LogP contribution in [-0.4, -0.2) is 36.8 Å². The highest BCUT2D eigenvalue weighted by molar-refractivity contribution is 8.13. The average molecular weight is 322 g/mol. The second-order valence-electron chi connectivity index (χ2n) is 4.98. The minimum Gasteiger partial charge on any atom is -0.286 e. The van der Waals surface area contributed by atoms with E-state index in [2.05, 4.69) is 10.2 Å². The summed E-state index contributed by atoms with van der Waals surface area (Å²) in [4.78, 5) is 13.4. The van der Waals surface area contributed by atoms with E-state index in [1.165, 1.54) is 16.2 Å². The summed E-state index contributed by atoms with van der Waals surface area (Å²) in [7, 11) is 1.65. The molecule has 1 saturated carbocycles. The van der Waals surface area contributed by atoms with Gasteiger partial charge < -0.3 is 0 Å². The molecule has 1 aliphatic carbocycles. The SMILES string of the molecule is O=C1CC(CS(=O)(=O)Cl)CN1c1nnc(C2CC2)s1. The van der Waals surface area contributed by atoms with Gasteiger partial charge in [-0.1, -0.05) is 11.3 Å². The number of halogens is 1. The number of carbonyl (C=O) groups excluding carboxylic acids is 1. The van der Waals surface area contributed by atoms with Crippen LogP contribution < -0.4 is 4.90 Å². The fraction of sp³-hybridized carbons (Fsp3) is 0.700. The molecule has 2 aliphatic rings. The molecule has 1 atom stereocenters. The van der Waals surface area contributed by atoms with Crippen molar-refractivity contribution in [3.8, 4) is 0 Å². The number of aromatic nitrogens is 2. The molecule has 1 aromatic heterocycles. The van der Waals surface area contributed by atoms with Crippen molar-refractivity contribution in [2.45, 2.75) is 25.2 Å². The van der Waals surface area contributed by atoms with E-state index in [0.29, 0.717) is 17.6 Å². The van der Waals surface area contributed by atoms with Gasteiger partial charge in [-0.2, -0.15) is 0 Å². The van der Waals surface area contributed by atoms with Gasteiger partial charge in [0.05, 0.1) is 5.75 Å². The largest absolute Gasteiger partial charge is 0.286 e. The molecule has 0 bridgehead atoms. The van der Waals surface area contributed by atoms with Gasteiger partial charge in [-0.25, -0.2) is 8.42 Å². The summed E-state index contributed by atoms with van der Waals surface area (Å²) < 4.78 is 22.1. The van der Waals surface area contributed by atoms with Gasteiger partial charge in [-0.15, -0.1) is 10.2 Å². The third-order valence-electron chi connectivity index (χ3n) is 3.23. The Bertz CT molecular complexity index is 611. The molecule has 0 N–H and O–H groups in total. The smallest absolute Gasteiger partial charge is 0.232 e. The van der Waals surface area contributed by atoms with E-state index < -0.39 is 9.05 Å². The molecule has 1 saturated heterocycles. The topological polar surface area (TPSA) is 80.2 Å². The Hall–Kier alpha value is -0.730. The number of hydrogen-bond donors (Lipinski definition) is 0. The molecule has 1 unspecified atom stereocenters. The quantitative estimate of drug-likeness (QED) is 0.782. The van der Waals surface area contributed by atoms with E-state index in [-0.39, 0.29) is 24.0 Å². The molecule has 19 heavy (non-hydrogen) atoms. The van der Waals surface area contributed by atoms with Crippen LogP contribution in [0.4, 0.5) is 5.13 Å². The first-order chi connectivity index (χ1) is 8.92. The van der Waals surface area contributed by atoms with Crippen molar-refractivity contribution in [3.05, 3.63) is 5.01 Å². The fourth-order valence-corrected chi connectivity index (χ4v) is 4.55. The summed E-state index contributed by atoms with van der Waals surface area (Å²) in [6.07, 6.45) is 2.47. The molecule has 2 heterocycles. The van der Waals surface area contributed by atoms with Crippen LogP contribution in [0.5, 0.6) is 0 Å². The maximum atomic E-state index is 11.9. The van der Waals surface area contributed by atoms with Crippen molar-refractivity contribution in [1.82, 2.24) is 10.2 Å². The van der Waals surface area contributed by atoms with Crippen LogP contribution in [0.25, 0.3) is 0 Å². The molecule has 3 rings (SSSR count). The zero-order valence-electron chi connectivity index (χ0n) is 9.95. The number of hydrogen-bond acceptors (Lipinski definition) is 6. The summed E-state index contributed by atoms with van der Waals surface area (Å²) in [5.41, 5.74) is 0.